The molecule has 29 heavy (non-hydrogen) atoms. The number of hydrogen-bond acceptors (Lipinski definition) is 3. The molecule has 1 heterocycles. The Hall–Kier alpha value is -1.48. The first-order valence-electron chi connectivity index (χ1n) is 11.8. The van der Waals surface area contributed by atoms with Crippen molar-refractivity contribution in [3.63, 3.8) is 0 Å². The summed E-state index contributed by atoms with van der Waals surface area (Å²) in [6.07, 6.45) is 8.91. The van der Waals surface area contributed by atoms with E-state index >= 15 is 0 Å². The fourth-order valence-electron chi connectivity index (χ4n) is 4.79. The molecule has 0 aromatic heterocycles. The van der Waals surface area contributed by atoms with Gasteiger partial charge in [0.1, 0.15) is 0 Å². The first-order valence-corrected chi connectivity index (χ1v) is 11.8. The molecule has 162 valence electrons. The van der Waals surface area contributed by atoms with Crippen molar-refractivity contribution in [3.8, 4) is 0 Å². The minimum Gasteiger partial charge on any atom is -0.378 e. The molecule has 1 aliphatic carbocycles. The molecule has 0 N–H and O–H groups in total. The summed E-state index contributed by atoms with van der Waals surface area (Å²) in [5.74, 6) is 0.800. The highest BCUT2D eigenvalue weighted by molar-refractivity contribution is 5.80. The van der Waals surface area contributed by atoms with Crippen molar-refractivity contribution in [1.29, 1.82) is 0 Å². The van der Waals surface area contributed by atoms with E-state index in [0.717, 1.165) is 19.0 Å². The van der Waals surface area contributed by atoms with E-state index in [1.54, 1.807) is 5.57 Å². The van der Waals surface area contributed by atoms with Gasteiger partial charge in [0, 0.05) is 57.2 Å². The molecule has 1 atom stereocenters. The van der Waals surface area contributed by atoms with Crippen LogP contribution in [0.4, 0.5) is 11.4 Å². The third-order valence-corrected chi connectivity index (χ3v) is 7.02. The molecule has 1 fully saturated rings. The van der Waals surface area contributed by atoms with Gasteiger partial charge in [0.05, 0.1) is 0 Å². The smallest absolute Gasteiger partial charge is 0.0444 e. The number of rotatable bonds is 6. The third kappa shape index (κ3) is 5.57. The van der Waals surface area contributed by atoms with Gasteiger partial charge in [0.15, 0.2) is 0 Å². The van der Waals surface area contributed by atoms with Gasteiger partial charge < -0.3 is 9.80 Å². The largest absolute Gasteiger partial charge is 0.378 e. The lowest BCUT2D eigenvalue weighted by atomic mass is 9.72. The van der Waals surface area contributed by atoms with Gasteiger partial charge in [-0.1, -0.05) is 40.2 Å². The van der Waals surface area contributed by atoms with Crippen molar-refractivity contribution in [2.75, 3.05) is 56.6 Å². The van der Waals surface area contributed by atoms with E-state index in [-0.39, 0.29) is 0 Å². The maximum absolute atomic E-state index is 2.64. The van der Waals surface area contributed by atoms with Crippen LogP contribution in [0.2, 0.25) is 0 Å². The average Bonchev–Trinajstić information content (AvgIpc) is 2.71. The Bertz CT molecular complexity index is 690. The molecule has 1 aromatic rings. The standard InChI is InChI=1S/C26H43N3/c1-7-8-15-28-16-18-29(19-17-28)25-14-13-23(27(5)6)20-24(25)21-9-11-22(12-10-21)26(2,3)4/h9,13-14,20,22H,7-8,10-12,15-19H2,1-6H3. The lowest BCUT2D eigenvalue weighted by Gasteiger charge is -2.38. The van der Waals surface area contributed by atoms with Gasteiger partial charge in [-0.05, 0) is 67.3 Å². The Kier molecular flexibility index (Phi) is 7.32. The summed E-state index contributed by atoms with van der Waals surface area (Å²) in [7, 11) is 4.30. The summed E-state index contributed by atoms with van der Waals surface area (Å²) >= 11 is 0. The number of nitrogens with zero attached hydrogens (tertiary/aromatic N) is 3. The third-order valence-electron chi connectivity index (χ3n) is 7.02. The van der Waals surface area contributed by atoms with Crippen LogP contribution in [0, 0.1) is 11.3 Å². The highest BCUT2D eigenvalue weighted by Crippen LogP contribution is 2.42. The molecule has 3 rings (SSSR count). The maximum Gasteiger partial charge on any atom is 0.0444 e. The van der Waals surface area contributed by atoms with Crippen LogP contribution in [0.5, 0.6) is 0 Å². The summed E-state index contributed by atoms with van der Waals surface area (Å²) in [5, 5.41) is 0. The second-order valence-corrected chi connectivity index (χ2v) is 10.3. The molecule has 0 spiro atoms. The molecule has 1 unspecified atom stereocenters. The van der Waals surface area contributed by atoms with Gasteiger partial charge in [-0.3, -0.25) is 4.90 Å². The zero-order valence-corrected chi connectivity index (χ0v) is 19.8. The van der Waals surface area contributed by atoms with Crippen LogP contribution in [0.25, 0.3) is 5.57 Å². The zero-order chi connectivity index (χ0) is 21.0. The summed E-state index contributed by atoms with van der Waals surface area (Å²) in [5.41, 5.74) is 6.21. The molecule has 0 bridgehead atoms. The van der Waals surface area contributed by atoms with Gasteiger partial charge >= 0.3 is 0 Å². The van der Waals surface area contributed by atoms with E-state index in [4.69, 9.17) is 0 Å². The molecule has 1 saturated heterocycles. The van der Waals surface area contributed by atoms with Crippen LogP contribution in [-0.2, 0) is 0 Å². The van der Waals surface area contributed by atoms with Crippen molar-refractivity contribution in [2.45, 2.75) is 59.8 Å². The van der Waals surface area contributed by atoms with Gasteiger partial charge in [-0.25, -0.2) is 0 Å². The lowest BCUT2D eigenvalue weighted by Crippen LogP contribution is -2.46. The van der Waals surface area contributed by atoms with E-state index in [9.17, 15) is 0 Å². The first-order chi connectivity index (χ1) is 13.8. The lowest BCUT2D eigenvalue weighted by molar-refractivity contribution is 0.225. The second-order valence-electron chi connectivity index (χ2n) is 10.3. The molecule has 0 amide bonds. The predicted molar refractivity (Wildman–Crippen MR) is 129 cm³/mol. The molecule has 3 heteroatoms. The van der Waals surface area contributed by atoms with Crippen molar-refractivity contribution in [1.82, 2.24) is 4.90 Å². The Labute approximate surface area is 179 Å². The number of anilines is 2. The fraction of sp³-hybridized carbons (Fsp3) is 0.692. The number of allylic oxidation sites excluding steroid dienone is 2. The summed E-state index contributed by atoms with van der Waals surface area (Å²) in [4.78, 5) is 7.51. The first kappa shape index (κ1) is 22.2. The minimum absolute atomic E-state index is 0.408. The minimum atomic E-state index is 0.408. The van der Waals surface area contributed by atoms with Crippen molar-refractivity contribution in [2.24, 2.45) is 11.3 Å². The molecule has 0 radical (unpaired) electrons. The van der Waals surface area contributed by atoms with Crippen LogP contribution in [0.1, 0.15) is 65.4 Å². The van der Waals surface area contributed by atoms with Gasteiger partial charge in [0.25, 0.3) is 0 Å². The molecule has 1 aromatic carbocycles. The maximum atomic E-state index is 2.64. The SMILES string of the molecule is CCCCN1CCN(c2ccc(N(C)C)cc2C2=CCC(C(C)(C)C)CC2)CC1. The quantitative estimate of drug-likeness (QED) is 0.591. The van der Waals surface area contributed by atoms with E-state index < -0.39 is 0 Å². The van der Waals surface area contributed by atoms with Gasteiger partial charge in [-0.2, -0.15) is 0 Å². The number of piperazine rings is 1. The Morgan fingerprint density at radius 1 is 1.07 bits per heavy atom. The summed E-state index contributed by atoms with van der Waals surface area (Å²) < 4.78 is 0. The number of hydrogen-bond donors (Lipinski definition) is 0. The van der Waals surface area contributed by atoms with Crippen LogP contribution in [-0.4, -0.2) is 51.7 Å². The van der Waals surface area contributed by atoms with Crippen LogP contribution in [0.3, 0.4) is 0 Å². The van der Waals surface area contributed by atoms with Crippen LogP contribution < -0.4 is 9.80 Å². The molecule has 3 nitrogen and oxygen atoms in total. The molecular weight excluding hydrogens is 354 g/mol. The van der Waals surface area contributed by atoms with E-state index in [1.165, 1.54) is 68.7 Å². The second kappa shape index (κ2) is 9.55. The van der Waals surface area contributed by atoms with Crippen molar-refractivity contribution >= 4 is 16.9 Å². The summed E-state index contributed by atoms with van der Waals surface area (Å²) in [6.45, 7) is 15.4. The summed E-state index contributed by atoms with van der Waals surface area (Å²) in [6, 6.07) is 7.11. The Morgan fingerprint density at radius 2 is 1.79 bits per heavy atom. The zero-order valence-electron chi connectivity index (χ0n) is 19.8. The molecule has 0 saturated carbocycles. The molecule has 2 aliphatic rings. The number of benzene rings is 1. The number of unbranched alkanes of at least 4 members (excludes halogenated alkanes) is 1. The van der Waals surface area contributed by atoms with Crippen molar-refractivity contribution < 1.29 is 0 Å². The molecular formula is C26H43N3. The van der Waals surface area contributed by atoms with Crippen LogP contribution >= 0.6 is 0 Å². The Morgan fingerprint density at radius 3 is 2.34 bits per heavy atom. The van der Waals surface area contributed by atoms with E-state index in [0.29, 0.717) is 5.41 Å². The van der Waals surface area contributed by atoms with Gasteiger partial charge in [0.2, 0.25) is 0 Å². The average molecular weight is 398 g/mol. The predicted octanol–water partition coefficient (Wildman–Crippen LogP) is 5.90. The van der Waals surface area contributed by atoms with E-state index in [1.807, 2.05) is 0 Å². The van der Waals surface area contributed by atoms with E-state index in [2.05, 4.69) is 80.8 Å². The highest BCUT2D eigenvalue weighted by Gasteiger charge is 2.28. The van der Waals surface area contributed by atoms with Crippen molar-refractivity contribution in [3.05, 3.63) is 29.8 Å². The highest BCUT2D eigenvalue weighted by atomic mass is 15.3. The molecule has 1 aliphatic heterocycles. The van der Waals surface area contributed by atoms with Crippen LogP contribution in [0.15, 0.2) is 24.3 Å². The normalized spacial score (nSPS) is 21.2. The topological polar surface area (TPSA) is 9.72 Å². The Balaban J connectivity index is 1.81. The monoisotopic (exact) mass is 397 g/mol. The van der Waals surface area contributed by atoms with Gasteiger partial charge in [-0.15, -0.1) is 0 Å². The fourth-order valence-corrected chi connectivity index (χ4v) is 4.79.